The maximum absolute atomic E-state index is 4.36. The van der Waals surface area contributed by atoms with Crippen molar-refractivity contribution in [2.24, 2.45) is 0 Å². The Morgan fingerprint density at radius 1 is 1.19 bits per heavy atom. The molecule has 0 atom stereocenters. The Morgan fingerprint density at radius 3 is 2.81 bits per heavy atom. The molecule has 1 N–H and O–H groups in total. The summed E-state index contributed by atoms with van der Waals surface area (Å²) in [5, 5.41) is 1.16. The van der Waals surface area contributed by atoms with Gasteiger partial charge in [-0.2, -0.15) is 0 Å². The fraction of sp³-hybridized carbons (Fsp3) is 0.0769. The minimum atomic E-state index is 0.928. The molecule has 0 aliphatic rings. The number of hydrogen-bond acceptors (Lipinski definition) is 2. The van der Waals surface area contributed by atoms with E-state index in [1.165, 1.54) is 11.1 Å². The van der Waals surface area contributed by atoms with Crippen LogP contribution in [0.3, 0.4) is 0 Å². The van der Waals surface area contributed by atoms with Crippen molar-refractivity contribution < 1.29 is 0 Å². The molecular weight excluding hydrogens is 198 g/mol. The van der Waals surface area contributed by atoms with E-state index >= 15 is 0 Å². The van der Waals surface area contributed by atoms with Crippen LogP contribution in [0.5, 0.6) is 0 Å². The van der Waals surface area contributed by atoms with Crippen molar-refractivity contribution in [2.75, 3.05) is 0 Å². The Balaban J connectivity index is 2.29. The lowest BCUT2D eigenvalue weighted by atomic mass is 10.1. The first kappa shape index (κ1) is 9.09. The minimum absolute atomic E-state index is 0.928. The molecule has 3 aromatic heterocycles. The summed E-state index contributed by atoms with van der Waals surface area (Å²) in [6, 6.07) is 6.16. The van der Waals surface area contributed by atoms with E-state index in [1.807, 2.05) is 24.5 Å². The lowest BCUT2D eigenvalue weighted by Gasteiger charge is -1.98. The SMILES string of the molecule is Cc1cnc2[nH]cc(-c3ccncc3)c2c1. The Hall–Kier alpha value is -2.16. The van der Waals surface area contributed by atoms with Crippen LogP contribution in [0.15, 0.2) is 43.0 Å². The lowest BCUT2D eigenvalue weighted by Crippen LogP contribution is -1.80. The molecule has 3 rings (SSSR count). The molecular formula is C13H11N3. The van der Waals surface area contributed by atoms with E-state index in [-0.39, 0.29) is 0 Å². The van der Waals surface area contributed by atoms with E-state index < -0.39 is 0 Å². The van der Waals surface area contributed by atoms with E-state index in [0.29, 0.717) is 0 Å². The largest absolute Gasteiger partial charge is 0.346 e. The molecule has 0 unspecified atom stereocenters. The van der Waals surface area contributed by atoms with Gasteiger partial charge < -0.3 is 4.98 Å². The van der Waals surface area contributed by atoms with Crippen molar-refractivity contribution >= 4 is 11.0 Å². The smallest absolute Gasteiger partial charge is 0.137 e. The molecule has 0 amide bonds. The molecule has 0 saturated carbocycles. The van der Waals surface area contributed by atoms with Crippen LogP contribution in [0.1, 0.15) is 5.56 Å². The summed E-state index contributed by atoms with van der Waals surface area (Å²) in [4.78, 5) is 11.6. The zero-order valence-corrected chi connectivity index (χ0v) is 8.94. The summed E-state index contributed by atoms with van der Waals surface area (Å²) in [7, 11) is 0. The van der Waals surface area contributed by atoms with Crippen LogP contribution in [0.2, 0.25) is 0 Å². The highest BCUT2D eigenvalue weighted by molar-refractivity contribution is 5.93. The zero-order valence-electron chi connectivity index (χ0n) is 8.94. The summed E-state index contributed by atoms with van der Waals surface area (Å²) in [5.41, 5.74) is 4.43. The van der Waals surface area contributed by atoms with E-state index in [2.05, 4.69) is 27.9 Å². The first-order chi connectivity index (χ1) is 7.84. The van der Waals surface area contributed by atoms with Gasteiger partial charge in [-0.1, -0.05) is 0 Å². The maximum atomic E-state index is 4.36. The molecule has 0 bridgehead atoms. The molecule has 3 heterocycles. The number of aromatic nitrogens is 3. The Kier molecular flexibility index (Phi) is 1.96. The van der Waals surface area contributed by atoms with Crippen LogP contribution in [0.25, 0.3) is 22.2 Å². The van der Waals surface area contributed by atoms with Crippen molar-refractivity contribution in [3.8, 4) is 11.1 Å². The monoisotopic (exact) mass is 209 g/mol. The Morgan fingerprint density at radius 2 is 2.00 bits per heavy atom. The normalized spacial score (nSPS) is 10.8. The van der Waals surface area contributed by atoms with Crippen LogP contribution in [-0.4, -0.2) is 15.0 Å². The molecule has 78 valence electrons. The highest BCUT2D eigenvalue weighted by Gasteiger charge is 2.06. The Bertz CT molecular complexity index is 626. The van der Waals surface area contributed by atoms with Gasteiger partial charge in [0.2, 0.25) is 0 Å². The fourth-order valence-corrected chi connectivity index (χ4v) is 1.88. The average Bonchev–Trinajstić information content (AvgIpc) is 2.73. The standard InChI is InChI=1S/C13H11N3/c1-9-6-11-12(8-16-13(11)15-7-9)10-2-4-14-5-3-10/h2-8H,1H3,(H,15,16). The number of H-pyrrole nitrogens is 1. The summed E-state index contributed by atoms with van der Waals surface area (Å²) in [6.07, 6.45) is 7.47. The van der Waals surface area contributed by atoms with Gasteiger partial charge >= 0.3 is 0 Å². The third kappa shape index (κ3) is 1.37. The first-order valence-corrected chi connectivity index (χ1v) is 5.19. The van der Waals surface area contributed by atoms with Gasteiger partial charge in [-0.3, -0.25) is 4.98 Å². The van der Waals surface area contributed by atoms with Gasteiger partial charge in [0.1, 0.15) is 5.65 Å². The van der Waals surface area contributed by atoms with Gasteiger partial charge in [0.15, 0.2) is 0 Å². The number of nitrogens with zero attached hydrogens (tertiary/aromatic N) is 2. The zero-order chi connectivity index (χ0) is 11.0. The van der Waals surface area contributed by atoms with Crippen LogP contribution in [0, 0.1) is 6.92 Å². The molecule has 16 heavy (non-hydrogen) atoms. The van der Waals surface area contributed by atoms with Gasteiger partial charge in [0.25, 0.3) is 0 Å². The second kappa shape index (κ2) is 3.45. The van der Waals surface area contributed by atoms with Crippen LogP contribution >= 0.6 is 0 Å². The van der Waals surface area contributed by atoms with Crippen molar-refractivity contribution in [3.05, 3.63) is 48.5 Å². The minimum Gasteiger partial charge on any atom is -0.346 e. The Labute approximate surface area is 93.2 Å². The van der Waals surface area contributed by atoms with Crippen LogP contribution in [-0.2, 0) is 0 Å². The molecule has 0 aliphatic heterocycles. The average molecular weight is 209 g/mol. The lowest BCUT2D eigenvalue weighted by molar-refractivity contribution is 1.29. The van der Waals surface area contributed by atoms with Gasteiger partial charge in [0.05, 0.1) is 0 Å². The highest BCUT2D eigenvalue weighted by atomic mass is 14.8. The number of aryl methyl sites for hydroxylation is 1. The topological polar surface area (TPSA) is 41.6 Å². The van der Waals surface area contributed by atoms with Crippen molar-refractivity contribution in [2.45, 2.75) is 6.92 Å². The molecule has 0 radical (unpaired) electrons. The number of nitrogens with one attached hydrogen (secondary N) is 1. The second-order valence-electron chi connectivity index (χ2n) is 3.85. The van der Waals surface area contributed by atoms with Crippen molar-refractivity contribution in [1.29, 1.82) is 0 Å². The van der Waals surface area contributed by atoms with E-state index in [1.54, 1.807) is 12.4 Å². The number of aromatic amines is 1. The van der Waals surface area contributed by atoms with Crippen molar-refractivity contribution in [1.82, 2.24) is 15.0 Å². The second-order valence-corrected chi connectivity index (χ2v) is 3.85. The summed E-state index contributed by atoms with van der Waals surface area (Å²) < 4.78 is 0. The predicted molar refractivity (Wildman–Crippen MR) is 64.1 cm³/mol. The molecule has 0 saturated heterocycles. The van der Waals surface area contributed by atoms with E-state index in [9.17, 15) is 0 Å². The quantitative estimate of drug-likeness (QED) is 0.669. The number of hydrogen-bond donors (Lipinski definition) is 1. The molecule has 3 nitrogen and oxygen atoms in total. The molecule has 0 spiro atoms. The number of fused-ring (bicyclic) bond motifs is 1. The van der Waals surface area contributed by atoms with Crippen LogP contribution < -0.4 is 0 Å². The molecule has 0 aromatic carbocycles. The molecule has 3 heteroatoms. The van der Waals surface area contributed by atoms with Crippen molar-refractivity contribution in [3.63, 3.8) is 0 Å². The number of pyridine rings is 2. The van der Waals surface area contributed by atoms with E-state index in [0.717, 1.165) is 16.6 Å². The molecule has 0 aliphatic carbocycles. The summed E-state index contributed by atoms with van der Waals surface area (Å²) in [6.45, 7) is 2.05. The third-order valence-corrected chi connectivity index (χ3v) is 2.66. The summed E-state index contributed by atoms with van der Waals surface area (Å²) >= 11 is 0. The van der Waals surface area contributed by atoms with Gasteiger partial charge in [-0.05, 0) is 36.2 Å². The third-order valence-electron chi connectivity index (χ3n) is 2.66. The fourth-order valence-electron chi connectivity index (χ4n) is 1.88. The summed E-state index contributed by atoms with van der Waals surface area (Å²) in [5.74, 6) is 0. The molecule has 3 aromatic rings. The van der Waals surface area contributed by atoms with E-state index in [4.69, 9.17) is 0 Å². The molecule has 0 fully saturated rings. The van der Waals surface area contributed by atoms with Crippen LogP contribution in [0.4, 0.5) is 0 Å². The van der Waals surface area contributed by atoms with Gasteiger partial charge in [0, 0.05) is 35.7 Å². The van der Waals surface area contributed by atoms with Gasteiger partial charge in [-0.25, -0.2) is 4.98 Å². The predicted octanol–water partition coefficient (Wildman–Crippen LogP) is 2.93. The highest BCUT2D eigenvalue weighted by Crippen LogP contribution is 2.27. The van der Waals surface area contributed by atoms with Gasteiger partial charge in [-0.15, -0.1) is 0 Å². The maximum Gasteiger partial charge on any atom is 0.137 e. The number of rotatable bonds is 1. The first-order valence-electron chi connectivity index (χ1n) is 5.19.